The summed E-state index contributed by atoms with van der Waals surface area (Å²) in [5.41, 5.74) is 5.67. The van der Waals surface area contributed by atoms with Crippen LogP contribution in [0.5, 0.6) is 0 Å². The standard InChI is InChI=1S/C23H25N3O3/c1-16-9-11-19(12-10-16)24-22(27)15-29-23(28)14-13-21-17(2)25-26(18(21)3)20-7-5-4-6-8-20/h4-12H,13-15H2,1-3H3,(H,24,27). The Bertz CT molecular complexity index is 992. The third-order valence-corrected chi connectivity index (χ3v) is 4.72. The van der Waals surface area contributed by atoms with E-state index < -0.39 is 5.97 Å². The van der Waals surface area contributed by atoms with Crippen molar-refractivity contribution in [1.82, 2.24) is 9.78 Å². The molecule has 0 unspecified atom stereocenters. The SMILES string of the molecule is Cc1ccc(NC(=O)COC(=O)CCc2c(C)nn(-c3ccccc3)c2C)cc1. The fourth-order valence-electron chi connectivity index (χ4n) is 3.14. The number of nitrogens with one attached hydrogen (secondary N) is 1. The summed E-state index contributed by atoms with van der Waals surface area (Å²) in [6, 6.07) is 17.3. The Morgan fingerprint density at radius 1 is 1.00 bits per heavy atom. The normalized spacial score (nSPS) is 10.6. The van der Waals surface area contributed by atoms with Gasteiger partial charge in [-0.05, 0) is 57.0 Å². The van der Waals surface area contributed by atoms with Gasteiger partial charge in [-0.1, -0.05) is 35.9 Å². The topological polar surface area (TPSA) is 73.2 Å². The quantitative estimate of drug-likeness (QED) is 0.620. The van der Waals surface area contributed by atoms with Gasteiger partial charge in [0.15, 0.2) is 6.61 Å². The van der Waals surface area contributed by atoms with Crippen LogP contribution in [0.3, 0.4) is 0 Å². The van der Waals surface area contributed by atoms with Gasteiger partial charge in [-0.25, -0.2) is 4.68 Å². The zero-order chi connectivity index (χ0) is 20.8. The molecule has 1 heterocycles. The van der Waals surface area contributed by atoms with E-state index in [1.807, 2.05) is 80.1 Å². The minimum absolute atomic E-state index is 0.194. The van der Waals surface area contributed by atoms with Crippen LogP contribution in [0.2, 0.25) is 0 Å². The number of esters is 1. The van der Waals surface area contributed by atoms with Gasteiger partial charge in [-0.15, -0.1) is 0 Å². The lowest BCUT2D eigenvalue weighted by atomic mass is 10.1. The molecule has 0 fully saturated rings. The van der Waals surface area contributed by atoms with E-state index in [4.69, 9.17) is 4.74 Å². The summed E-state index contributed by atoms with van der Waals surface area (Å²) >= 11 is 0. The predicted octanol–water partition coefficient (Wildman–Crippen LogP) is 3.91. The fraction of sp³-hybridized carbons (Fsp3) is 0.261. The molecule has 3 aromatic rings. The lowest BCUT2D eigenvalue weighted by molar-refractivity contribution is -0.147. The van der Waals surface area contributed by atoms with Crippen LogP contribution in [0.15, 0.2) is 54.6 Å². The Morgan fingerprint density at radius 3 is 2.38 bits per heavy atom. The smallest absolute Gasteiger partial charge is 0.306 e. The summed E-state index contributed by atoms with van der Waals surface area (Å²) in [4.78, 5) is 24.0. The Hall–Kier alpha value is -3.41. The van der Waals surface area contributed by atoms with Crippen LogP contribution in [0.25, 0.3) is 5.69 Å². The number of amides is 1. The molecule has 150 valence electrons. The zero-order valence-electron chi connectivity index (χ0n) is 16.9. The Morgan fingerprint density at radius 2 is 1.69 bits per heavy atom. The third kappa shape index (κ3) is 5.31. The van der Waals surface area contributed by atoms with Gasteiger partial charge in [0.1, 0.15) is 0 Å². The summed E-state index contributed by atoms with van der Waals surface area (Å²) in [6.07, 6.45) is 0.711. The second-order valence-electron chi connectivity index (χ2n) is 6.97. The van der Waals surface area contributed by atoms with E-state index in [2.05, 4.69) is 10.4 Å². The van der Waals surface area contributed by atoms with E-state index in [0.717, 1.165) is 28.2 Å². The maximum atomic E-state index is 12.1. The van der Waals surface area contributed by atoms with E-state index in [1.54, 1.807) is 0 Å². The number of ether oxygens (including phenoxy) is 1. The first-order valence-corrected chi connectivity index (χ1v) is 9.56. The number of rotatable bonds is 7. The molecule has 1 N–H and O–H groups in total. The molecule has 0 aliphatic heterocycles. The van der Waals surface area contributed by atoms with Gasteiger partial charge in [-0.2, -0.15) is 5.10 Å². The Balaban J connectivity index is 1.51. The number of hydrogen-bond acceptors (Lipinski definition) is 4. The van der Waals surface area contributed by atoms with Gasteiger partial charge in [0.05, 0.1) is 11.4 Å². The molecule has 0 saturated heterocycles. The number of aromatic nitrogens is 2. The van der Waals surface area contributed by atoms with Gasteiger partial charge in [0.2, 0.25) is 0 Å². The number of hydrogen-bond donors (Lipinski definition) is 1. The molecular formula is C23H25N3O3. The molecule has 0 bridgehead atoms. The molecule has 29 heavy (non-hydrogen) atoms. The van der Waals surface area contributed by atoms with Gasteiger partial charge >= 0.3 is 5.97 Å². The van der Waals surface area contributed by atoms with E-state index in [0.29, 0.717) is 12.1 Å². The summed E-state index contributed by atoms with van der Waals surface area (Å²) < 4.78 is 6.99. The summed E-state index contributed by atoms with van der Waals surface area (Å²) in [5, 5.41) is 7.29. The number of carbonyl (C=O) groups excluding carboxylic acids is 2. The summed E-state index contributed by atoms with van der Waals surface area (Å²) in [6.45, 7) is 5.60. The Kier molecular flexibility index (Phi) is 6.44. The fourth-order valence-corrected chi connectivity index (χ4v) is 3.14. The first kappa shape index (κ1) is 20.3. The first-order chi connectivity index (χ1) is 13.9. The summed E-state index contributed by atoms with van der Waals surface area (Å²) in [5.74, 6) is -0.762. The van der Waals surface area contributed by atoms with Gasteiger partial charge in [-0.3, -0.25) is 9.59 Å². The van der Waals surface area contributed by atoms with Crippen molar-refractivity contribution in [2.45, 2.75) is 33.6 Å². The highest BCUT2D eigenvalue weighted by Gasteiger charge is 2.15. The molecule has 0 aliphatic rings. The van der Waals surface area contributed by atoms with Crippen molar-refractivity contribution < 1.29 is 14.3 Å². The van der Waals surface area contributed by atoms with Crippen LogP contribution >= 0.6 is 0 Å². The van der Waals surface area contributed by atoms with Crippen LogP contribution in [-0.4, -0.2) is 28.3 Å². The van der Waals surface area contributed by atoms with Gasteiger partial charge < -0.3 is 10.1 Å². The van der Waals surface area contributed by atoms with Crippen molar-refractivity contribution in [1.29, 1.82) is 0 Å². The molecule has 0 saturated carbocycles. The summed E-state index contributed by atoms with van der Waals surface area (Å²) in [7, 11) is 0. The zero-order valence-corrected chi connectivity index (χ0v) is 16.9. The molecule has 0 atom stereocenters. The van der Waals surface area contributed by atoms with Crippen molar-refractivity contribution in [3.05, 3.63) is 77.1 Å². The van der Waals surface area contributed by atoms with Gasteiger partial charge in [0.25, 0.3) is 5.91 Å². The molecule has 0 radical (unpaired) electrons. The highest BCUT2D eigenvalue weighted by atomic mass is 16.5. The van der Waals surface area contributed by atoms with Crippen LogP contribution in [0.1, 0.15) is 28.9 Å². The molecule has 1 amide bonds. The molecule has 6 nitrogen and oxygen atoms in total. The number of carbonyl (C=O) groups is 2. The van der Waals surface area contributed by atoms with Crippen molar-refractivity contribution >= 4 is 17.6 Å². The highest BCUT2D eigenvalue weighted by Crippen LogP contribution is 2.19. The van der Waals surface area contributed by atoms with Crippen LogP contribution in [0, 0.1) is 20.8 Å². The number of benzene rings is 2. The van der Waals surface area contributed by atoms with E-state index in [-0.39, 0.29) is 18.9 Å². The van der Waals surface area contributed by atoms with E-state index >= 15 is 0 Å². The molecular weight excluding hydrogens is 366 g/mol. The minimum Gasteiger partial charge on any atom is -0.456 e. The molecule has 0 aliphatic carbocycles. The molecule has 1 aromatic heterocycles. The maximum Gasteiger partial charge on any atom is 0.306 e. The van der Waals surface area contributed by atoms with Crippen molar-refractivity contribution in [2.24, 2.45) is 0 Å². The third-order valence-electron chi connectivity index (χ3n) is 4.72. The molecule has 0 spiro atoms. The molecule has 6 heteroatoms. The number of anilines is 1. The number of aryl methyl sites for hydroxylation is 2. The minimum atomic E-state index is -0.407. The van der Waals surface area contributed by atoms with E-state index in [9.17, 15) is 9.59 Å². The van der Waals surface area contributed by atoms with Crippen LogP contribution in [-0.2, 0) is 20.7 Å². The van der Waals surface area contributed by atoms with Gasteiger partial charge in [0, 0.05) is 17.8 Å². The lowest BCUT2D eigenvalue weighted by Gasteiger charge is -2.07. The Labute approximate surface area is 170 Å². The lowest BCUT2D eigenvalue weighted by Crippen LogP contribution is -2.21. The van der Waals surface area contributed by atoms with Crippen molar-refractivity contribution in [2.75, 3.05) is 11.9 Å². The van der Waals surface area contributed by atoms with E-state index in [1.165, 1.54) is 0 Å². The number of nitrogens with zero attached hydrogens (tertiary/aromatic N) is 2. The molecule has 2 aromatic carbocycles. The monoisotopic (exact) mass is 391 g/mol. The number of para-hydroxylation sites is 1. The average Bonchev–Trinajstić information content (AvgIpc) is 3.01. The van der Waals surface area contributed by atoms with Crippen LogP contribution < -0.4 is 5.32 Å². The van der Waals surface area contributed by atoms with Crippen molar-refractivity contribution in [3.63, 3.8) is 0 Å². The second kappa shape index (κ2) is 9.19. The largest absolute Gasteiger partial charge is 0.456 e. The maximum absolute atomic E-state index is 12.1. The van der Waals surface area contributed by atoms with Crippen molar-refractivity contribution in [3.8, 4) is 5.69 Å². The average molecular weight is 391 g/mol. The molecule has 3 rings (SSSR count). The second-order valence-corrected chi connectivity index (χ2v) is 6.97. The van der Waals surface area contributed by atoms with Crippen LogP contribution in [0.4, 0.5) is 5.69 Å². The highest BCUT2D eigenvalue weighted by molar-refractivity contribution is 5.92. The first-order valence-electron chi connectivity index (χ1n) is 9.56. The predicted molar refractivity (Wildman–Crippen MR) is 112 cm³/mol.